The second-order valence-corrected chi connectivity index (χ2v) is 7.76. The number of pyridine rings is 1. The molecule has 0 aliphatic heterocycles. The van der Waals surface area contributed by atoms with Gasteiger partial charge in [0.1, 0.15) is 0 Å². The van der Waals surface area contributed by atoms with Crippen molar-refractivity contribution in [2.24, 2.45) is 0 Å². The molecule has 2 aromatic heterocycles. The van der Waals surface area contributed by atoms with Crippen molar-refractivity contribution in [3.63, 3.8) is 0 Å². The highest BCUT2D eigenvalue weighted by molar-refractivity contribution is 8.00. The van der Waals surface area contributed by atoms with Gasteiger partial charge in [-0.15, -0.1) is 10.2 Å². The summed E-state index contributed by atoms with van der Waals surface area (Å²) in [6, 6.07) is 18.9. The number of nitrogens with zero attached hydrogens (tertiary/aromatic N) is 3. The van der Waals surface area contributed by atoms with Crippen LogP contribution in [-0.2, 0) is 4.79 Å². The van der Waals surface area contributed by atoms with E-state index in [2.05, 4.69) is 15.5 Å². The lowest BCUT2D eigenvalue weighted by atomic mass is 10.1. The molecular formula is C21H18N4O2S. The lowest BCUT2D eigenvalue weighted by Crippen LogP contribution is -2.14. The van der Waals surface area contributed by atoms with Crippen LogP contribution < -0.4 is 5.32 Å². The number of ketones is 1. The molecule has 0 saturated heterocycles. The van der Waals surface area contributed by atoms with Crippen LogP contribution in [0.2, 0.25) is 0 Å². The van der Waals surface area contributed by atoms with Gasteiger partial charge in [0.15, 0.2) is 16.6 Å². The van der Waals surface area contributed by atoms with Gasteiger partial charge in [0, 0.05) is 18.2 Å². The number of hydrogen-bond donors (Lipinski definition) is 1. The molecule has 1 atom stereocenters. The number of anilines is 1. The number of benzene rings is 2. The largest absolute Gasteiger partial charge is 0.326 e. The Labute approximate surface area is 166 Å². The molecule has 1 unspecified atom stereocenters. The Bertz CT molecular complexity index is 1180. The number of amides is 1. The predicted molar refractivity (Wildman–Crippen MR) is 111 cm³/mol. The zero-order valence-corrected chi connectivity index (χ0v) is 16.2. The zero-order valence-electron chi connectivity index (χ0n) is 15.4. The van der Waals surface area contributed by atoms with E-state index < -0.39 is 0 Å². The van der Waals surface area contributed by atoms with Crippen molar-refractivity contribution < 1.29 is 9.59 Å². The van der Waals surface area contributed by atoms with E-state index in [9.17, 15) is 9.59 Å². The van der Waals surface area contributed by atoms with Crippen LogP contribution >= 0.6 is 11.8 Å². The fourth-order valence-electron chi connectivity index (χ4n) is 3.06. The van der Waals surface area contributed by atoms with Crippen molar-refractivity contribution in [3.05, 3.63) is 66.2 Å². The third kappa shape index (κ3) is 3.48. The van der Waals surface area contributed by atoms with Crippen molar-refractivity contribution in [2.45, 2.75) is 24.3 Å². The maximum atomic E-state index is 12.8. The van der Waals surface area contributed by atoms with E-state index in [1.54, 1.807) is 24.3 Å². The SMILES string of the molecule is CC(=O)Nc1ccc(C(=O)C(C)Sc2nnc3ccc4ccccc4n23)cc1. The number of aromatic nitrogens is 3. The number of thioether (sulfide) groups is 1. The highest BCUT2D eigenvalue weighted by atomic mass is 32.2. The summed E-state index contributed by atoms with van der Waals surface area (Å²) in [6.07, 6.45) is 0. The molecule has 1 N–H and O–H groups in total. The van der Waals surface area contributed by atoms with Crippen LogP contribution in [0, 0.1) is 0 Å². The van der Waals surface area contributed by atoms with Crippen LogP contribution in [0.15, 0.2) is 65.8 Å². The number of fused-ring (bicyclic) bond motifs is 3. The molecule has 0 aliphatic rings. The summed E-state index contributed by atoms with van der Waals surface area (Å²) in [5, 5.41) is 12.6. The maximum Gasteiger partial charge on any atom is 0.221 e. The normalized spacial score (nSPS) is 12.2. The smallest absolute Gasteiger partial charge is 0.221 e. The molecule has 0 fully saturated rings. The maximum absolute atomic E-state index is 12.8. The molecule has 28 heavy (non-hydrogen) atoms. The Morgan fingerprint density at radius 2 is 1.75 bits per heavy atom. The highest BCUT2D eigenvalue weighted by Crippen LogP contribution is 2.28. The van der Waals surface area contributed by atoms with Gasteiger partial charge >= 0.3 is 0 Å². The first-order valence-corrected chi connectivity index (χ1v) is 9.72. The average molecular weight is 390 g/mol. The number of nitrogens with one attached hydrogen (secondary N) is 1. The lowest BCUT2D eigenvalue weighted by molar-refractivity contribution is -0.114. The van der Waals surface area contributed by atoms with Gasteiger partial charge in [-0.3, -0.25) is 14.0 Å². The van der Waals surface area contributed by atoms with Gasteiger partial charge in [-0.1, -0.05) is 30.0 Å². The van der Waals surface area contributed by atoms with E-state index in [-0.39, 0.29) is 16.9 Å². The van der Waals surface area contributed by atoms with E-state index in [1.807, 2.05) is 47.7 Å². The summed E-state index contributed by atoms with van der Waals surface area (Å²) < 4.78 is 1.98. The van der Waals surface area contributed by atoms with Crippen molar-refractivity contribution in [1.29, 1.82) is 0 Å². The molecule has 7 heteroatoms. The minimum absolute atomic E-state index is 0.00337. The first-order chi connectivity index (χ1) is 13.5. The fourth-order valence-corrected chi connectivity index (χ4v) is 4.00. The van der Waals surface area contributed by atoms with E-state index in [0.29, 0.717) is 16.4 Å². The second-order valence-electron chi connectivity index (χ2n) is 6.45. The average Bonchev–Trinajstić information content (AvgIpc) is 3.11. The molecule has 2 aromatic carbocycles. The van der Waals surface area contributed by atoms with Gasteiger partial charge in [-0.25, -0.2) is 0 Å². The van der Waals surface area contributed by atoms with Crippen LogP contribution in [-0.4, -0.2) is 31.5 Å². The molecule has 1 amide bonds. The van der Waals surface area contributed by atoms with Crippen LogP contribution in [0.5, 0.6) is 0 Å². The molecule has 0 aliphatic carbocycles. The Kier molecular flexibility index (Phi) is 4.83. The molecule has 140 valence electrons. The standard InChI is InChI=1S/C21H18N4O2S/c1-13(20(27)16-7-10-17(11-8-16)22-14(2)26)28-21-24-23-19-12-9-15-5-3-4-6-18(15)25(19)21/h3-13H,1-2H3,(H,22,26). The molecule has 0 radical (unpaired) electrons. The Balaban J connectivity index is 1.59. The summed E-state index contributed by atoms with van der Waals surface area (Å²) in [5.41, 5.74) is 3.01. The lowest BCUT2D eigenvalue weighted by Gasteiger charge is -2.11. The molecule has 2 heterocycles. The minimum atomic E-state index is -0.335. The van der Waals surface area contributed by atoms with Crippen molar-refractivity contribution in [3.8, 4) is 0 Å². The number of para-hydroxylation sites is 1. The van der Waals surface area contributed by atoms with Crippen LogP contribution in [0.1, 0.15) is 24.2 Å². The highest BCUT2D eigenvalue weighted by Gasteiger charge is 2.20. The van der Waals surface area contributed by atoms with Gasteiger partial charge in [0.05, 0.1) is 10.8 Å². The Hall–Kier alpha value is -3.19. The van der Waals surface area contributed by atoms with Crippen molar-refractivity contribution >= 4 is 45.7 Å². The number of carbonyl (C=O) groups is 2. The minimum Gasteiger partial charge on any atom is -0.326 e. The fraction of sp³-hybridized carbons (Fsp3) is 0.143. The number of Topliss-reactive ketones (excluding diaryl/α,β-unsaturated/α-hetero) is 1. The third-order valence-electron chi connectivity index (χ3n) is 4.39. The van der Waals surface area contributed by atoms with Gasteiger partial charge in [0.25, 0.3) is 0 Å². The van der Waals surface area contributed by atoms with Crippen LogP contribution in [0.25, 0.3) is 16.6 Å². The third-order valence-corrected chi connectivity index (χ3v) is 5.43. The molecule has 4 aromatic rings. The Morgan fingerprint density at radius 1 is 1.00 bits per heavy atom. The molecular weight excluding hydrogens is 372 g/mol. The van der Waals surface area contributed by atoms with Crippen molar-refractivity contribution in [1.82, 2.24) is 14.6 Å². The molecule has 0 bridgehead atoms. The number of rotatable bonds is 5. The first-order valence-electron chi connectivity index (χ1n) is 8.84. The van der Waals surface area contributed by atoms with Gasteiger partial charge in [0.2, 0.25) is 5.91 Å². The van der Waals surface area contributed by atoms with Crippen molar-refractivity contribution in [2.75, 3.05) is 5.32 Å². The molecule has 0 spiro atoms. The van der Waals surface area contributed by atoms with Gasteiger partial charge in [-0.2, -0.15) is 0 Å². The van der Waals surface area contributed by atoms with E-state index in [1.165, 1.54) is 18.7 Å². The topological polar surface area (TPSA) is 76.4 Å². The summed E-state index contributed by atoms with van der Waals surface area (Å²) in [7, 11) is 0. The van der Waals surface area contributed by atoms with Crippen LogP contribution in [0.4, 0.5) is 5.69 Å². The second kappa shape index (κ2) is 7.44. The number of carbonyl (C=O) groups excluding carboxylic acids is 2. The summed E-state index contributed by atoms with van der Waals surface area (Å²) in [5.74, 6) is -0.148. The Morgan fingerprint density at radius 3 is 2.50 bits per heavy atom. The molecule has 4 rings (SSSR count). The van der Waals surface area contributed by atoms with Gasteiger partial charge < -0.3 is 5.32 Å². The molecule has 0 saturated carbocycles. The predicted octanol–water partition coefficient (Wildman–Crippen LogP) is 4.20. The quantitative estimate of drug-likeness (QED) is 0.408. The van der Waals surface area contributed by atoms with E-state index >= 15 is 0 Å². The van der Waals surface area contributed by atoms with E-state index in [0.717, 1.165) is 16.6 Å². The number of hydrogen-bond acceptors (Lipinski definition) is 5. The zero-order chi connectivity index (χ0) is 19.7. The summed E-state index contributed by atoms with van der Waals surface area (Å²) >= 11 is 1.38. The summed E-state index contributed by atoms with van der Waals surface area (Å²) in [4.78, 5) is 24.0. The van der Waals surface area contributed by atoms with Gasteiger partial charge in [-0.05, 0) is 54.8 Å². The summed E-state index contributed by atoms with van der Waals surface area (Å²) in [6.45, 7) is 3.31. The van der Waals surface area contributed by atoms with E-state index in [4.69, 9.17) is 0 Å². The molecule has 6 nitrogen and oxygen atoms in total. The monoisotopic (exact) mass is 390 g/mol. The first kappa shape index (κ1) is 18.2. The van der Waals surface area contributed by atoms with Crippen LogP contribution in [0.3, 0.4) is 0 Å².